The molecule has 1 rings (SSSR count). The van der Waals surface area contributed by atoms with Crippen LogP contribution in [0.2, 0.25) is 0 Å². The van der Waals surface area contributed by atoms with Gasteiger partial charge in [0.05, 0.1) is 0 Å². The number of nitrogens with zero attached hydrogens (tertiary/aromatic N) is 3. The highest BCUT2D eigenvalue weighted by Crippen LogP contribution is 2.11. The highest BCUT2D eigenvalue weighted by molar-refractivity contribution is 5.76. The van der Waals surface area contributed by atoms with Crippen LogP contribution in [0.3, 0.4) is 0 Å². The number of rotatable bonds is 5. The third-order valence-corrected chi connectivity index (χ3v) is 2.28. The van der Waals surface area contributed by atoms with Crippen LogP contribution in [0.25, 0.3) is 0 Å². The minimum atomic E-state index is -0.952. The zero-order valence-corrected chi connectivity index (χ0v) is 10.6. The van der Waals surface area contributed by atoms with Gasteiger partial charge >= 0.3 is 5.97 Å². The van der Waals surface area contributed by atoms with Crippen molar-refractivity contribution in [3.05, 3.63) is 17.5 Å². The molecule has 0 radical (unpaired) electrons. The molecule has 6 heteroatoms. The predicted molar refractivity (Wildman–Crippen MR) is 66.0 cm³/mol. The summed E-state index contributed by atoms with van der Waals surface area (Å²) in [5.74, 6) is -0.536. The fourth-order valence-electron chi connectivity index (χ4n) is 1.54. The number of nitriles is 1. The van der Waals surface area contributed by atoms with E-state index in [1.807, 2.05) is 19.9 Å². The molecule has 0 aliphatic rings. The molecule has 0 spiro atoms. The van der Waals surface area contributed by atoms with Crippen molar-refractivity contribution in [2.45, 2.75) is 33.2 Å². The average Bonchev–Trinajstić information content (AvgIpc) is 2.26. The SMILES string of the molecule is Cc1cc(C#N)nc(N[C@H](CC(C)C)C(=O)O)n1. The number of hydrogen-bond donors (Lipinski definition) is 2. The average molecular weight is 248 g/mol. The summed E-state index contributed by atoms with van der Waals surface area (Å²) in [6.07, 6.45) is 0.467. The normalized spacial score (nSPS) is 11.9. The van der Waals surface area contributed by atoms with Gasteiger partial charge in [0, 0.05) is 5.69 Å². The van der Waals surface area contributed by atoms with E-state index in [-0.39, 0.29) is 17.6 Å². The highest BCUT2D eigenvalue weighted by Gasteiger charge is 2.19. The minimum Gasteiger partial charge on any atom is -0.480 e. The van der Waals surface area contributed by atoms with E-state index in [1.54, 1.807) is 13.0 Å². The van der Waals surface area contributed by atoms with Gasteiger partial charge in [0.1, 0.15) is 17.8 Å². The maximum Gasteiger partial charge on any atom is 0.326 e. The van der Waals surface area contributed by atoms with E-state index >= 15 is 0 Å². The standard InChI is InChI=1S/C12H16N4O2/c1-7(2)4-10(11(17)18)16-12-14-8(3)5-9(6-13)15-12/h5,7,10H,4H2,1-3H3,(H,17,18)(H,14,15,16)/t10-/m1/s1. The molecule has 0 saturated heterocycles. The second-order valence-electron chi connectivity index (χ2n) is 4.49. The molecule has 18 heavy (non-hydrogen) atoms. The topological polar surface area (TPSA) is 98.9 Å². The number of aryl methyl sites for hydroxylation is 1. The molecule has 1 aromatic rings. The van der Waals surface area contributed by atoms with E-state index in [4.69, 9.17) is 10.4 Å². The smallest absolute Gasteiger partial charge is 0.326 e. The van der Waals surface area contributed by atoms with Gasteiger partial charge in [-0.2, -0.15) is 5.26 Å². The Bertz CT molecular complexity index is 479. The number of carbonyl (C=O) groups is 1. The van der Waals surface area contributed by atoms with Gasteiger partial charge in [-0.05, 0) is 25.3 Å². The summed E-state index contributed by atoms with van der Waals surface area (Å²) < 4.78 is 0. The Labute approximate surface area is 106 Å². The summed E-state index contributed by atoms with van der Waals surface area (Å²) in [5.41, 5.74) is 0.844. The van der Waals surface area contributed by atoms with E-state index in [9.17, 15) is 4.79 Å². The summed E-state index contributed by atoms with van der Waals surface area (Å²) in [4.78, 5) is 19.1. The summed E-state index contributed by atoms with van der Waals surface area (Å²) in [6.45, 7) is 5.61. The molecule has 1 heterocycles. The molecular weight excluding hydrogens is 232 g/mol. The van der Waals surface area contributed by atoms with Gasteiger partial charge in [0.15, 0.2) is 0 Å². The van der Waals surface area contributed by atoms with E-state index in [0.717, 1.165) is 0 Å². The molecule has 96 valence electrons. The number of nitrogens with one attached hydrogen (secondary N) is 1. The molecule has 0 bridgehead atoms. The van der Waals surface area contributed by atoms with Crippen LogP contribution in [0.5, 0.6) is 0 Å². The highest BCUT2D eigenvalue weighted by atomic mass is 16.4. The van der Waals surface area contributed by atoms with Gasteiger partial charge < -0.3 is 10.4 Å². The Morgan fingerprint density at radius 2 is 2.22 bits per heavy atom. The summed E-state index contributed by atoms with van der Waals surface area (Å²) in [7, 11) is 0. The van der Waals surface area contributed by atoms with Crippen molar-refractivity contribution in [1.29, 1.82) is 5.26 Å². The van der Waals surface area contributed by atoms with Crippen molar-refractivity contribution in [1.82, 2.24) is 9.97 Å². The lowest BCUT2D eigenvalue weighted by molar-refractivity contribution is -0.138. The van der Waals surface area contributed by atoms with Gasteiger partial charge in [-0.1, -0.05) is 13.8 Å². The number of anilines is 1. The van der Waals surface area contributed by atoms with Crippen LogP contribution in [0.15, 0.2) is 6.07 Å². The minimum absolute atomic E-state index is 0.180. The molecule has 0 amide bonds. The van der Waals surface area contributed by atoms with Gasteiger partial charge in [-0.25, -0.2) is 14.8 Å². The molecule has 6 nitrogen and oxygen atoms in total. The molecule has 0 aromatic carbocycles. The Hall–Kier alpha value is -2.16. The van der Waals surface area contributed by atoms with Crippen LogP contribution in [0.1, 0.15) is 31.7 Å². The molecule has 0 aliphatic heterocycles. The molecule has 2 N–H and O–H groups in total. The number of carboxylic acids is 1. The molecule has 1 atom stereocenters. The molecule has 0 unspecified atom stereocenters. The van der Waals surface area contributed by atoms with Crippen LogP contribution in [-0.4, -0.2) is 27.1 Å². The third kappa shape index (κ3) is 4.01. The first kappa shape index (κ1) is 13.9. The Morgan fingerprint density at radius 1 is 1.56 bits per heavy atom. The van der Waals surface area contributed by atoms with Gasteiger partial charge in [0.25, 0.3) is 0 Å². The summed E-state index contributed by atoms with van der Waals surface area (Å²) in [5, 5.41) is 20.6. The van der Waals surface area contributed by atoms with Crippen molar-refractivity contribution >= 4 is 11.9 Å². The van der Waals surface area contributed by atoms with Gasteiger partial charge in [-0.15, -0.1) is 0 Å². The van der Waals surface area contributed by atoms with Crippen molar-refractivity contribution < 1.29 is 9.90 Å². The Morgan fingerprint density at radius 3 is 2.72 bits per heavy atom. The quantitative estimate of drug-likeness (QED) is 0.820. The number of hydrogen-bond acceptors (Lipinski definition) is 5. The Balaban J connectivity index is 2.90. The van der Waals surface area contributed by atoms with Crippen molar-refractivity contribution in [3.8, 4) is 6.07 Å². The predicted octanol–water partition coefficient (Wildman–Crippen LogP) is 1.57. The lowest BCUT2D eigenvalue weighted by Crippen LogP contribution is -2.31. The maximum atomic E-state index is 11.1. The number of aliphatic carboxylic acids is 1. The zero-order valence-electron chi connectivity index (χ0n) is 10.6. The molecule has 0 saturated carbocycles. The monoisotopic (exact) mass is 248 g/mol. The Kier molecular flexibility index (Phi) is 4.60. The summed E-state index contributed by atoms with van der Waals surface area (Å²) in [6, 6.07) is 2.71. The van der Waals surface area contributed by atoms with Crippen molar-refractivity contribution in [2.75, 3.05) is 5.32 Å². The first-order valence-corrected chi connectivity index (χ1v) is 5.67. The first-order valence-electron chi connectivity index (χ1n) is 5.67. The maximum absolute atomic E-state index is 11.1. The van der Waals surface area contributed by atoms with Crippen molar-refractivity contribution in [3.63, 3.8) is 0 Å². The fraction of sp³-hybridized carbons (Fsp3) is 0.500. The van der Waals surface area contributed by atoms with E-state index in [0.29, 0.717) is 12.1 Å². The molecule has 1 aromatic heterocycles. The van der Waals surface area contributed by atoms with Gasteiger partial charge in [-0.3, -0.25) is 0 Å². The second kappa shape index (κ2) is 5.96. The van der Waals surface area contributed by atoms with E-state index in [1.165, 1.54) is 0 Å². The first-order chi connectivity index (χ1) is 8.42. The van der Waals surface area contributed by atoms with E-state index in [2.05, 4.69) is 15.3 Å². The lowest BCUT2D eigenvalue weighted by atomic mass is 10.0. The van der Waals surface area contributed by atoms with Crippen LogP contribution < -0.4 is 5.32 Å². The zero-order chi connectivity index (χ0) is 13.7. The summed E-state index contributed by atoms with van der Waals surface area (Å²) >= 11 is 0. The van der Waals surface area contributed by atoms with Crippen LogP contribution >= 0.6 is 0 Å². The largest absolute Gasteiger partial charge is 0.480 e. The molecular formula is C12H16N4O2. The number of aromatic nitrogens is 2. The molecule has 0 fully saturated rings. The van der Waals surface area contributed by atoms with Crippen molar-refractivity contribution in [2.24, 2.45) is 5.92 Å². The number of carboxylic acid groups (broad SMARTS) is 1. The van der Waals surface area contributed by atoms with E-state index < -0.39 is 12.0 Å². The second-order valence-corrected chi connectivity index (χ2v) is 4.49. The van der Waals surface area contributed by atoms with Crippen LogP contribution in [0.4, 0.5) is 5.95 Å². The van der Waals surface area contributed by atoms with Crippen LogP contribution in [-0.2, 0) is 4.79 Å². The fourth-order valence-corrected chi connectivity index (χ4v) is 1.54. The van der Waals surface area contributed by atoms with Gasteiger partial charge in [0.2, 0.25) is 5.95 Å². The van der Waals surface area contributed by atoms with Crippen LogP contribution in [0, 0.1) is 24.2 Å². The lowest BCUT2D eigenvalue weighted by Gasteiger charge is -2.16. The third-order valence-electron chi connectivity index (χ3n) is 2.28. The molecule has 0 aliphatic carbocycles.